The summed E-state index contributed by atoms with van der Waals surface area (Å²) >= 11 is 3.49. The van der Waals surface area contributed by atoms with Crippen molar-refractivity contribution in [2.45, 2.75) is 40.2 Å². The van der Waals surface area contributed by atoms with E-state index in [4.69, 9.17) is 4.52 Å². The van der Waals surface area contributed by atoms with Crippen LogP contribution in [0.4, 0.5) is 0 Å². The van der Waals surface area contributed by atoms with Crippen LogP contribution in [0.15, 0.2) is 9.00 Å². The molecule has 0 aliphatic carbocycles. The lowest BCUT2D eigenvalue weighted by molar-refractivity contribution is 0.359. The van der Waals surface area contributed by atoms with Gasteiger partial charge in [-0.3, -0.25) is 4.68 Å². The molecule has 0 N–H and O–H groups in total. The normalized spacial score (nSPS) is 11.4. The number of nitrogens with zero attached hydrogens (tertiary/aromatic N) is 4. The van der Waals surface area contributed by atoms with Crippen molar-refractivity contribution in [3.8, 4) is 0 Å². The summed E-state index contributed by atoms with van der Waals surface area (Å²) < 4.78 is 8.06. The van der Waals surface area contributed by atoms with Crippen molar-refractivity contribution in [2.24, 2.45) is 0 Å². The fourth-order valence-electron chi connectivity index (χ4n) is 1.53. The first kappa shape index (κ1) is 12.3. The summed E-state index contributed by atoms with van der Waals surface area (Å²) in [6.07, 6.45) is 0. The second-order valence-corrected chi connectivity index (χ2v) is 5.14. The summed E-state index contributed by atoms with van der Waals surface area (Å²) in [5, 5.41) is 8.36. The van der Waals surface area contributed by atoms with Gasteiger partial charge in [-0.05, 0) is 29.8 Å². The lowest BCUT2D eigenvalue weighted by atomic mass is 10.2. The molecule has 17 heavy (non-hydrogen) atoms. The molecule has 5 nitrogen and oxygen atoms in total. The van der Waals surface area contributed by atoms with Crippen LogP contribution >= 0.6 is 15.9 Å². The van der Waals surface area contributed by atoms with Crippen LogP contribution in [0.3, 0.4) is 0 Å². The average molecular weight is 299 g/mol. The van der Waals surface area contributed by atoms with Crippen molar-refractivity contribution in [3.63, 3.8) is 0 Å². The molecular weight excluding hydrogens is 284 g/mol. The van der Waals surface area contributed by atoms with Crippen LogP contribution in [0.2, 0.25) is 0 Å². The topological polar surface area (TPSA) is 56.7 Å². The predicted octanol–water partition coefficient (Wildman–Crippen LogP) is 2.82. The van der Waals surface area contributed by atoms with E-state index < -0.39 is 0 Å². The van der Waals surface area contributed by atoms with E-state index in [-0.39, 0.29) is 5.92 Å². The molecule has 0 aliphatic heterocycles. The molecule has 6 heteroatoms. The van der Waals surface area contributed by atoms with Crippen LogP contribution in [-0.2, 0) is 6.54 Å². The molecule has 0 aromatic carbocycles. The first-order valence-electron chi connectivity index (χ1n) is 5.51. The molecule has 0 saturated carbocycles. The highest BCUT2D eigenvalue weighted by Crippen LogP contribution is 2.20. The highest BCUT2D eigenvalue weighted by molar-refractivity contribution is 9.10. The summed E-state index contributed by atoms with van der Waals surface area (Å²) in [7, 11) is 0. The van der Waals surface area contributed by atoms with Gasteiger partial charge < -0.3 is 4.52 Å². The number of halogens is 1. The molecular formula is C11H15BrN4O. The van der Waals surface area contributed by atoms with Gasteiger partial charge in [0.05, 0.1) is 15.9 Å². The van der Waals surface area contributed by atoms with Crippen LogP contribution < -0.4 is 0 Å². The molecule has 2 rings (SSSR count). The van der Waals surface area contributed by atoms with Gasteiger partial charge >= 0.3 is 0 Å². The minimum absolute atomic E-state index is 0.253. The largest absolute Gasteiger partial charge is 0.339 e. The fraction of sp³-hybridized carbons (Fsp3) is 0.545. The zero-order valence-corrected chi connectivity index (χ0v) is 11.9. The number of aryl methyl sites for hydroxylation is 1. The van der Waals surface area contributed by atoms with Crippen LogP contribution in [0.5, 0.6) is 0 Å². The van der Waals surface area contributed by atoms with Gasteiger partial charge in [0.2, 0.25) is 5.89 Å². The highest BCUT2D eigenvalue weighted by atomic mass is 79.9. The monoisotopic (exact) mass is 298 g/mol. The van der Waals surface area contributed by atoms with E-state index in [9.17, 15) is 0 Å². The molecule has 0 unspecified atom stereocenters. The van der Waals surface area contributed by atoms with Crippen molar-refractivity contribution < 1.29 is 4.52 Å². The van der Waals surface area contributed by atoms with Crippen LogP contribution in [0.1, 0.15) is 42.9 Å². The number of hydrogen-bond acceptors (Lipinski definition) is 4. The Balaban J connectivity index is 2.22. The fourth-order valence-corrected chi connectivity index (χ4v) is 1.81. The van der Waals surface area contributed by atoms with E-state index in [2.05, 4.69) is 31.2 Å². The van der Waals surface area contributed by atoms with Crippen molar-refractivity contribution in [2.75, 3.05) is 0 Å². The first-order valence-corrected chi connectivity index (χ1v) is 6.30. The maximum Gasteiger partial charge on any atom is 0.229 e. The van der Waals surface area contributed by atoms with Crippen LogP contribution in [0, 0.1) is 13.8 Å². The molecule has 2 aromatic heterocycles. The van der Waals surface area contributed by atoms with Crippen LogP contribution in [0.25, 0.3) is 0 Å². The van der Waals surface area contributed by atoms with E-state index in [1.165, 1.54) is 0 Å². The maximum absolute atomic E-state index is 5.16. The van der Waals surface area contributed by atoms with E-state index in [1.54, 1.807) is 0 Å². The number of hydrogen-bond donors (Lipinski definition) is 0. The van der Waals surface area contributed by atoms with Crippen LogP contribution in [-0.4, -0.2) is 19.9 Å². The molecule has 0 bridgehead atoms. The Kier molecular flexibility index (Phi) is 3.33. The molecule has 2 heterocycles. The van der Waals surface area contributed by atoms with Crippen molar-refractivity contribution >= 4 is 15.9 Å². The third kappa shape index (κ3) is 2.41. The molecule has 0 spiro atoms. The van der Waals surface area contributed by atoms with Crippen molar-refractivity contribution in [3.05, 3.63) is 27.6 Å². The van der Waals surface area contributed by atoms with E-state index >= 15 is 0 Å². The Morgan fingerprint density at radius 3 is 2.53 bits per heavy atom. The minimum Gasteiger partial charge on any atom is -0.339 e. The van der Waals surface area contributed by atoms with E-state index in [1.807, 2.05) is 32.4 Å². The Bertz CT molecular complexity index is 530. The van der Waals surface area contributed by atoms with Gasteiger partial charge in [0.1, 0.15) is 6.54 Å². The Labute approximate surface area is 108 Å². The molecule has 0 radical (unpaired) electrons. The van der Waals surface area contributed by atoms with Gasteiger partial charge in [-0.15, -0.1) is 0 Å². The molecule has 2 aromatic rings. The van der Waals surface area contributed by atoms with Gasteiger partial charge in [-0.1, -0.05) is 19.0 Å². The van der Waals surface area contributed by atoms with Gasteiger partial charge in [0.15, 0.2) is 5.82 Å². The third-order valence-electron chi connectivity index (χ3n) is 2.56. The molecule has 0 saturated heterocycles. The molecule has 0 aliphatic rings. The van der Waals surface area contributed by atoms with Gasteiger partial charge in [0, 0.05) is 5.92 Å². The van der Waals surface area contributed by atoms with Crippen molar-refractivity contribution in [1.29, 1.82) is 0 Å². The number of rotatable bonds is 3. The van der Waals surface area contributed by atoms with Gasteiger partial charge in [-0.25, -0.2) is 0 Å². The molecule has 0 amide bonds. The van der Waals surface area contributed by atoms with E-state index in [0.717, 1.165) is 15.9 Å². The highest BCUT2D eigenvalue weighted by Gasteiger charge is 2.13. The molecule has 0 fully saturated rings. The van der Waals surface area contributed by atoms with Gasteiger partial charge in [0.25, 0.3) is 0 Å². The Hall–Kier alpha value is -1.17. The quantitative estimate of drug-likeness (QED) is 0.874. The summed E-state index contributed by atoms with van der Waals surface area (Å²) in [6.45, 7) is 8.56. The SMILES string of the molecule is Cc1nn(Cc2noc(C(C)C)n2)c(C)c1Br. The lowest BCUT2D eigenvalue weighted by Gasteiger charge is -1.99. The Morgan fingerprint density at radius 2 is 2.06 bits per heavy atom. The lowest BCUT2D eigenvalue weighted by Crippen LogP contribution is -2.05. The Morgan fingerprint density at radius 1 is 1.35 bits per heavy atom. The summed E-state index contributed by atoms with van der Waals surface area (Å²) in [6, 6.07) is 0. The van der Waals surface area contributed by atoms with Gasteiger partial charge in [-0.2, -0.15) is 10.1 Å². The summed E-state index contributed by atoms with van der Waals surface area (Å²) in [5.74, 6) is 1.58. The second-order valence-electron chi connectivity index (χ2n) is 4.35. The molecule has 92 valence electrons. The second kappa shape index (κ2) is 4.60. The first-order chi connectivity index (χ1) is 7.99. The van der Waals surface area contributed by atoms with E-state index in [0.29, 0.717) is 18.3 Å². The predicted molar refractivity (Wildman–Crippen MR) is 66.9 cm³/mol. The minimum atomic E-state index is 0.253. The standard InChI is InChI=1S/C11H15BrN4O/c1-6(2)11-13-9(15-17-11)5-16-8(4)10(12)7(3)14-16/h6H,5H2,1-4H3. The third-order valence-corrected chi connectivity index (χ3v) is 3.71. The summed E-state index contributed by atoms with van der Waals surface area (Å²) in [5.41, 5.74) is 2.04. The van der Waals surface area contributed by atoms with Crippen molar-refractivity contribution in [1.82, 2.24) is 19.9 Å². The number of aromatic nitrogens is 4. The summed E-state index contributed by atoms with van der Waals surface area (Å²) in [4.78, 5) is 4.33. The average Bonchev–Trinajstić information content (AvgIpc) is 2.82. The zero-order valence-electron chi connectivity index (χ0n) is 10.4. The molecule has 0 atom stereocenters. The smallest absolute Gasteiger partial charge is 0.229 e. The zero-order chi connectivity index (χ0) is 12.6. The maximum atomic E-state index is 5.16.